The maximum absolute atomic E-state index is 11.5. The minimum Gasteiger partial charge on any atom is -0.299 e. The molecule has 0 aliphatic rings. The lowest BCUT2D eigenvalue weighted by molar-refractivity contribution is -0.118. The van der Waals surface area contributed by atoms with Crippen molar-refractivity contribution in [2.75, 3.05) is 0 Å². The zero-order chi connectivity index (χ0) is 11.1. The molecule has 0 bridgehead atoms. The molecule has 0 N–H and O–H groups in total. The molecule has 0 atom stereocenters. The second kappa shape index (κ2) is 6.27. The van der Waals surface area contributed by atoms with Gasteiger partial charge in [-0.15, -0.1) is 0 Å². The molecular formula is C12H18N2O. The van der Waals surface area contributed by atoms with Crippen LogP contribution in [0.1, 0.15) is 44.0 Å². The van der Waals surface area contributed by atoms with Gasteiger partial charge in [0.15, 0.2) is 0 Å². The molecule has 0 saturated carbocycles. The Bertz CT molecular complexity index is 323. The van der Waals surface area contributed by atoms with Crippen molar-refractivity contribution in [1.29, 1.82) is 0 Å². The summed E-state index contributed by atoms with van der Waals surface area (Å²) in [5.74, 6) is 0.267. The molecule has 0 unspecified atom stereocenters. The summed E-state index contributed by atoms with van der Waals surface area (Å²) in [6.45, 7) is 4.02. The van der Waals surface area contributed by atoms with Gasteiger partial charge in [0.2, 0.25) is 0 Å². The largest absolute Gasteiger partial charge is 0.299 e. The van der Waals surface area contributed by atoms with E-state index in [1.165, 1.54) is 0 Å². The second-order valence-electron chi connectivity index (χ2n) is 3.82. The summed E-state index contributed by atoms with van der Waals surface area (Å²) in [6, 6.07) is 0. The van der Waals surface area contributed by atoms with Crippen molar-refractivity contribution in [2.24, 2.45) is 0 Å². The Morgan fingerprint density at radius 3 is 2.80 bits per heavy atom. The zero-order valence-electron chi connectivity index (χ0n) is 9.49. The van der Waals surface area contributed by atoms with Gasteiger partial charge in [0.05, 0.1) is 17.8 Å². The van der Waals surface area contributed by atoms with E-state index in [0.717, 1.165) is 30.7 Å². The molecule has 3 heteroatoms. The van der Waals surface area contributed by atoms with E-state index in [1.807, 2.05) is 6.92 Å². The molecule has 1 rings (SSSR count). The first-order chi connectivity index (χ1) is 7.22. The highest BCUT2D eigenvalue weighted by Crippen LogP contribution is 2.04. The zero-order valence-corrected chi connectivity index (χ0v) is 9.49. The van der Waals surface area contributed by atoms with E-state index in [9.17, 15) is 4.79 Å². The minimum atomic E-state index is 0.267. The van der Waals surface area contributed by atoms with Gasteiger partial charge in [-0.1, -0.05) is 19.8 Å². The van der Waals surface area contributed by atoms with Gasteiger partial charge in [0.25, 0.3) is 0 Å². The van der Waals surface area contributed by atoms with Crippen LogP contribution in [0.2, 0.25) is 0 Å². The standard InChI is InChI=1S/C12H18N2O/c1-3-4-5-6-12(15)7-11-9-13-8-10(2)14-11/h8-9H,3-7H2,1-2H3. The van der Waals surface area contributed by atoms with E-state index in [0.29, 0.717) is 12.8 Å². The molecule has 1 aromatic heterocycles. The number of rotatable bonds is 6. The Hall–Kier alpha value is -1.25. The monoisotopic (exact) mass is 206 g/mol. The molecule has 0 amide bonds. The number of carbonyl (C=O) groups excluding carboxylic acids is 1. The topological polar surface area (TPSA) is 42.9 Å². The van der Waals surface area contributed by atoms with Crippen LogP contribution in [-0.4, -0.2) is 15.8 Å². The Morgan fingerprint density at radius 2 is 2.13 bits per heavy atom. The highest BCUT2D eigenvalue weighted by molar-refractivity contribution is 5.80. The van der Waals surface area contributed by atoms with Crippen molar-refractivity contribution >= 4 is 5.78 Å². The van der Waals surface area contributed by atoms with Gasteiger partial charge in [-0.25, -0.2) is 0 Å². The van der Waals surface area contributed by atoms with Crippen LogP contribution in [0.15, 0.2) is 12.4 Å². The molecule has 0 saturated heterocycles. The van der Waals surface area contributed by atoms with E-state index < -0.39 is 0 Å². The summed E-state index contributed by atoms with van der Waals surface area (Å²) in [7, 11) is 0. The maximum Gasteiger partial charge on any atom is 0.138 e. The van der Waals surface area contributed by atoms with Crippen molar-refractivity contribution in [3.05, 3.63) is 23.8 Å². The number of unbranched alkanes of at least 4 members (excludes halogenated alkanes) is 2. The molecule has 0 radical (unpaired) electrons. The summed E-state index contributed by atoms with van der Waals surface area (Å²) >= 11 is 0. The molecule has 0 fully saturated rings. The van der Waals surface area contributed by atoms with Crippen LogP contribution in [0.4, 0.5) is 0 Å². The summed E-state index contributed by atoms with van der Waals surface area (Å²) in [5, 5.41) is 0. The fourth-order valence-electron chi connectivity index (χ4n) is 1.46. The van der Waals surface area contributed by atoms with Crippen LogP contribution >= 0.6 is 0 Å². The van der Waals surface area contributed by atoms with Gasteiger partial charge < -0.3 is 0 Å². The quantitative estimate of drug-likeness (QED) is 0.671. The van der Waals surface area contributed by atoms with E-state index in [1.54, 1.807) is 12.4 Å². The van der Waals surface area contributed by atoms with Crippen LogP contribution in [-0.2, 0) is 11.2 Å². The molecule has 15 heavy (non-hydrogen) atoms. The molecular weight excluding hydrogens is 188 g/mol. The molecule has 0 spiro atoms. The van der Waals surface area contributed by atoms with E-state index in [-0.39, 0.29) is 5.78 Å². The average Bonchev–Trinajstić information content (AvgIpc) is 2.18. The Labute approximate surface area is 91.0 Å². The van der Waals surface area contributed by atoms with E-state index in [4.69, 9.17) is 0 Å². The van der Waals surface area contributed by atoms with Gasteiger partial charge in [-0.2, -0.15) is 0 Å². The molecule has 0 aliphatic carbocycles. The number of aromatic nitrogens is 2. The fraction of sp³-hybridized carbons (Fsp3) is 0.583. The van der Waals surface area contributed by atoms with E-state index >= 15 is 0 Å². The number of ketones is 1. The number of Topliss-reactive ketones (excluding diaryl/α,β-unsaturated/α-hetero) is 1. The highest BCUT2D eigenvalue weighted by atomic mass is 16.1. The molecule has 1 aromatic rings. The third-order valence-corrected chi connectivity index (χ3v) is 2.24. The highest BCUT2D eigenvalue weighted by Gasteiger charge is 2.04. The summed E-state index contributed by atoms with van der Waals surface area (Å²) < 4.78 is 0. The van der Waals surface area contributed by atoms with Crippen molar-refractivity contribution in [3.8, 4) is 0 Å². The van der Waals surface area contributed by atoms with Crippen LogP contribution < -0.4 is 0 Å². The predicted molar refractivity (Wildman–Crippen MR) is 59.6 cm³/mol. The van der Waals surface area contributed by atoms with Crippen molar-refractivity contribution in [2.45, 2.75) is 46.0 Å². The number of carbonyl (C=O) groups is 1. The molecule has 1 heterocycles. The normalized spacial score (nSPS) is 10.3. The Kier molecular flexibility index (Phi) is 4.95. The van der Waals surface area contributed by atoms with Gasteiger partial charge >= 0.3 is 0 Å². The summed E-state index contributed by atoms with van der Waals surface area (Å²) in [6.07, 6.45) is 7.75. The lowest BCUT2D eigenvalue weighted by atomic mass is 10.1. The van der Waals surface area contributed by atoms with Crippen LogP contribution in [0.3, 0.4) is 0 Å². The minimum absolute atomic E-state index is 0.267. The maximum atomic E-state index is 11.5. The van der Waals surface area contributed by atoms with Crippen LogP contribution in [0.25, 0.3) is 0 Å². The van der Waals surface area contributed by atoms with Crippen molar-refractivity contribution < 1.29 is 4.79 Å². The summed E-state index contributed by atoms with van der Waals surface area (Å²) in [4.78, 5) is 19.8. The number of nitrogens with zero attached hydrogens (tertiary/aromatic N) is 2. The predicted octanol–water partition coefficient (Wildman–Crippen LogP) is 2.48. The fourth-order valence-corrected chi connectivity index (χ4v) is 1.46. The molecule has 0 aliphatic heterocycles. The summed E-state index contributed by atoms with van der Waals surface area (Å²) in [5.41, 5.74) is 1.66. The van der Waals surface area contributed by atoms with Gasteiger partial charge in [0, 0.05) is 18.8 Å². The number of hydrogen-bond acceptors (Lipinski definition) is 3. The Morgan fingerprint density at radius 1 is 1.33 bits per heavy atom. The Balaban J connectivity index is 2.37. The first-order valence-corrected chi connectivity index (χ1v) is 5.51. The third-order valence-electron chi connectivity index (χ3n) is 2.24. The van der Waals surface area contributed by atoms with Crippen LogP contribution in [0.5, 0.6) is 0 Å². The van der Waals surface area contributed by atoms with Gasteiger partial charge in [-0.3, -0.25) is 14.8 Å². The SMILES string of the molecule is CCCCCC(=O)Cc1cncc(C)n1. The van der Waals surface area contributed by atoms with Crippen molar-refractivity contribution in [1.82, 2.24) is 9.97 Å². The lowest BCUT2D eigenvalue weighted by Gasteiger charge is -2.00. The van der Waals surface area contributed by atoms with Crippen LogP contribution in [0, 0.1) is 6.92 Å². The molecule has 0 aromatic carbocycles. The van der Waals surface area contributed by atoms with Gasteiger partial charge in [0.1, 0.15) is 5.78 Å². The smallest absolute Gasteiger partial charge is 0.138 e. The average molecular weight is 206 g/mol. The number of hydrogen-bond donors (Lipinski definition) is 0. The van der Waals surface area contributed by atoms with Crippen molar-refractivity contribution in [3.63, 3.8) is 0 Å². The third kappa shape index (κ3) is 4.68. The first-order valence-electron chi connectivity index (χ1n) is 5.51. The number of aryl methyl sites for hydroxylation is 1. The molecule has 3 nitrogen and oxygen atoms in total. The molecule has 82 valence electrons. The van der Waals surface area contributed by atoms with Gasteiger partial charge in [-0.05, 0) is 13.3 Å². The second-order valence-corrected chi connectivity index (χ2v) is 3.82. The lowest BCUT2D eigenvalue weighted by Crippen LogP contribution is -2.05. The first kappa shape index (κ1) is 11.8. The van der Waals surface area contributed by atoms with E-state index in [2.05, 4.69) is 16.9 Å².